The number of para-hydroxylation sites is 1. The Morgan fingerprint density at radius 1 is 1.00 bits per heavy atom. The minimum absolute atomic E-state index is 0.0324. The van der Waals surface area contributed by atoms with E-state index >= 15 is 0 Å². The van der Waals surface area contributed by atoms with Crippen molar-refractivity contribution in [3.05, 3.63) is 71.8 Å². The number of carbonyl (C=O) groups is 2. The maximum Gasteiger partial charge on any atom is 0.573 e. The topological polar surface area (TPSA) is 84.9 Å². The van der Waals surface area contributed by atoms with Gasteiger partial charge in [0.05, 0.1) is 12.2 Å². The molecule has 1 aliphatic rings. The smallest absolute Gasteiger partial charge is 0.492 e. The van der Waals surface area contributed by atoms with Crippen molar-refractivity contribution in [3.8, 4) is 11.5 Å². The molecule has 6 nitrogen and oxygen atoms in total. The number of alkyl halides is 3. The molecule has 3 aromatic rings. The average Bonchev–Trinajstić information content (AvgIpc) is 2.93. The number of halogens is 3. The lowest BCUT2D eigenvalue weighted by molar-refractivity contribution is -0.274. The Morgan fingerprint density at radius 3 is 2.39 bits per heavy atom. The number of hydrogen-bond acceptors (Lipinski definition) is 5. The molecule has 4 rings (SSSR count). The molecule has 1 fully saturated rings. The number of carboxylic acid groups (broad SMARTS) is 1. The fraction of sp³-hybridized carbons (Fsp3) is 0.419. The molecule has 220 valence electrons. The van der Waals surface area contributed by atoms with Gasteiger partial charge in [0.2, 0.25) is 0 Å². The number of nitrogens with one attached hydrogen (secondary N) is 1. The SMILES string of the molecule is CC(C)(SCc1ccccc1OC(F)(F)F)C(NC(=O)c1ccc2ccccc2c1OCC1CCCCC1)C(=O)O. The van der Waals surface area contributed by atoms with Crippen LogP contribution >= 0.6 is 11.8 Å². The number of rotatable bonds is 11. The van der Waals surface area contributed by atoms with Crippen LogP contribution in [-0.4, -0.2) is 40.7 Å². The molecule has 0 radical (unpaired) electrons. The highest BCUT2D eigenvalue weighted by Gasteiger charge is 2.38. The molecule has 0 saturated heterocycles. The van der Waals surface area contributed by atoms with Crippen molar-refractivity contribution in [2.24, 2.45) is 5.92 Å². The van der Waals surface area contributed by atoms with Crippen LogP contribution in [0.2, 0.25) is 0 Å². The molecule has 1 atom stereocenters. The van der Waals surface area contributed by atoms with Gasteiger partial charge in [-0.15, -0.1) is 24.9 Å². The van der Waals surface area contributed by atoms with E-state index in [4.69, 9.17) is 4.74 Å². The van der Waals surface area contributed by atoms with Crippen molar-refractivity contribution in [3.63, 3.8) is 0 Å². The van der Waals surface area contributed by atoms with E-state index in [2.05, 4.69) is 10.1 Å². The van der Waals surface area contributed by atoms with E-state index < -0.39 is 29.0 Å². The van der Waals surface area contributed by atoms with Gasteiger partial charge in [0.1, 0.15) is 17.5 Å². The molecule has 0 aliphatic heterocycles. The number of carboxylic acids is 1. The number of fused-ring (bicyclic) bond motifs is 1. The van der Waals surface area contributed by atoms with Crippen LogP contribution in [0, 0.1) is 5.92 Å². The van der Waals surface area contributed by atoms with Crippen LogP contribution in [0.3, 0.4) is 0 Å². The number of hydrogen-bond donors (Lipinski definition) is 2. The van der Waals surface area contributed by atoms with E-state index in [1.165, 1.54) is 24.6 Å². The molecule has 1 saturated carbocycles. The first-order valence-corrected chi connectivity index (χ1v) is 14.6. The molecular weight excluding hydrogens is 555 g/mol. The van der Waals surface area contributed by atoms with Crippen molar-refractivity contribution in [1.82, 2.24) is 5.32 Å². The summed E-state index contributed by atoms with van der Waals surface area (Å²) in [6.07, 6.45) is 0.785. The largest absolute Gasteiger partial charge is 0.573 e. The Kier molecular flexibility index (Phi) is 9.73. The molecule has 1 aliphatic carbocycles. The van der Waals surface area contributed by atoms with E-state index in [9.17, 15) is 27.9 Å². The van der Waals surface area contributed by atoms with Gasteiger partial charge in [-0.2, -0.15) is 0 Å². The Balaban J connectivity index is 1.54. The summed E-state index contributed by atoms with van der Waals surface area (Å²) in [4.78, 5) is 26.0. The second kappa shape index (κ2) is 13.1. The Morgan fingerprint density at radius 2 is 1.68 bits per heavy atom. The first-order valence-electron chi connectivity index (χ1n) is 13.6. The van der Waals surface area contributed by atoms with Crippen LogP contribution in [0.4, 0.5) is 13.2 Å². The van der Waals surface area contributed by atoms with Crippen LogP contribution < -0.4 is 14.8 Å². The van der Waals surface area contributed by atoms with Gasteiger partial charge >= 0.3 is 12.3 Å². The molecule has 10 heteroatoms. The highest BCUT2D eigenvalue weighted by atomic mass is 32.2. The molecule has 0 heterocycles. The lowest BCUT2D eigenvalue weighted by Gasteiger charge is -2.32. The third kappa shape index (κ3) is 8.09. The Hall–Kier alpha value is -3.40. The van der Waals surface area contributed by atoms with Gasteiger partial charge in [-0.05, 0) is 50.1 Å². The summed E-state index contributed by atoms with van der Waals surface area (Å²) < 4.78 is 47.9. The number of carbonyl (C=O) groups excluding carboxylic acids is 1. The molecule has 3 aromatic carbocycles. The van der Waals surface area contributed by atoms with Crippen LogP contribution in [0.5, 0.6) is 11.5 Å². The first kappa shape index (κ1) is 30.6. The van der Waals surface area contributed by atoms with Crippen LogP contribution in [0.15, 0.2) is 60.7 Å². The van der Waals surface area contributed by atoms with Gasteiger partial charge in [-0.25, -0.2) is 4.79 Å². The summed E-state index contributed by atoms with van der Waals surface area (Å²) in [6.45, 7) is 3.73. The summed E-state index contributed by atoms with van der Waals surface area (Å²) in [5, 5.41) is 14.4. The number of thioether (sulfide) groups is 1. The minimum Gasteiger partial charge on any atom is -0.492 e. The number of amides is 1. The molecule has 0 bridgehead atoms. The van der Waals surface area contributed by atoms with Gasteiger partial charge in [0, 0.05) is 21.4 Å². The fourth-order valence-electron chi connectivity index (χ4n) is 5.07. The summed E-state index contributed by atoms with van der Waals surface area (Å²) in [7, 11) is 0. The van der Waals surface area contributed by atoms with E-state index in [1.807, 2.05) is 24.3 Å². The van der Waals surface area contributed by atoms with E-state index in [0.717, 1.165) is 48.2 Å². The quantitative estimate of drug-likeness (QED) is 0.240. The van der Waals surface area contributed by atoms with Crippen molar-refractivity contribution < 1.29 is 37.3 Å². The zero-order valence-corrected chi connectivity index (χ0v) is 23.8. The maximum absolute atomic E-state index is 13.6. The van der Waals surface area contributed by atoms with Gasteiger partial charge in [-0.1, -0.05) is 67.8 Å². The summed E-state index contributed by atoms with van der Waals surface area (Å²) in [6, 6.07) is 15.3. The third-order valence-electron chi connectivity index (χ3n) is 7.33. The third-order valence-corrected chi connectivity index (χ3v) is 8.76. The molecule has 1 amide bonds. The number of benzene rings is 3. The molecular formula is C31H34F3NO5S. The fourth-order valence-corrected chi connectivity index (χ4v) is 6.16. The van der Waals surface area contributed by atoms with Crippen molar-refractivity contribution >= 4 is 34.4 Å². The summed E-state index contributed by atoms with van der Waals surface area (Å²) in [5.74, 6) is -1.37. The van der Waals surface area contributed by atoms with Crippen LogP contribution in [0.1, 0.15) is 61.9 Å². The number of ether oxygens (including phenoxy) is 2. The zero-order valence-electron chi connectivity index (χ0n) is 23.0. The standard InChI is InChI=1S/C31H34F3NO5S/c1-30(2,41-19-22-13-7-9-15-25(22)40-31(32,33)34)27(29(37)38)35-28(36)24-17-16-21-12-6-8-14-23(21)26(24)39-18-20-10-4-3-5-11-20/h6-9,12-17,20,27H,3-5,10-11,18-19H2,1-2H3,(H,35,36)(H,37,38). The molecule has 41 heavy (non-hydrogen) atoms. The predicted octanol–water partition coefficient (Wildman–Crippen LogP) is 7.59. The summed E-state index contributed by atoms with van der Waals surface area (Å²) >= 11 is 1.11. The Bertz CT molecular complexity index is 1370. The lowest BCUT2D eigenvalue weighted by Crippen LogP contribution is -2.52. The van der Waals surface area contributed by atoms with Crippen molar-refractivity contribution in [2.45, 2.75) is 68.9 Å². The van der Waals surface area contributed by atoms with Gasteiger partial charge in [0.15, 0.2) is 0 Å². The van der Waals surface area contributed by atoms with Crippen LogP contribution in [0.25, 0.3) is 10.8 Å². The van der Waals surface area contributed by atoms with Gasteiger partial charge < -0.3 is 19.9 Å². The highest BCUT2D eigenvalue weighted by Crippen LogP contribution is 2.37. The van der Waals surface area contributed by atoms with Gasteiger partial charge in [-0.3, -0.25) is 4.79 Å². The average molecular weight is 590 g/mol. The molecule has 0 spiro atoms. The predicted molar refractivity (Wildman–Crippen MR) is 153 cm³/mol. The normalized spacial score (nSPS) is 15.3. The summed E-state index contributed by atoms with van der Waals surface area (Å²) in [5.41, 5.74) is 0.488. The van der Waals surface area contributed by atoms with Crippen molar-refractivity contribution in [1.29, 1.82) is 0 Å². The van der Waals surface area contributed by atoms with Crippen molar-refractivity contribution in [2.75, 3.05) is 6.61 Å². The van der Waals surface area contributed by atoms with Gasteiger partial charge in [0.25, 0.3) is 5.91 Å². The van der Waals surface area contributed by atoms with Crippen LogP contribution in [-0.2, 0) is 10.5 Å². The molecule has 2 N–H and O–H groups in total. The second-order valence-corrected chi connectivity index (χ2v) is 12.4. The second-order valence-electron chi connectivity index (χ2n) is 10.8. The Labute approximate surface area is 241 Å². The maximum atomic E-state index is 13.6. The molecule has 0 aromatic heterocycles. The monoisotopic (exact) mass is 589 g/mol. The van der Waals surface area contributed by atoms with E-state index in [-0.39, 0.29) is 22.6 Å². The zero-order chi connectivity index (χ0) is 29.6. The van der Waals surface area contributed by atoms with E-state index in [1.54, 1.807) is 32.0 Å². The first-order chi connectivity index (χ1) is 19.4. The lowest BCUT2D eigenvalue weighted by atomic mass is 9.90. The highest BCUT2D eigenvalue weighted by molar-refractivity contribution is 7.99. The van der Waals surface area contributed by atoms with E-state index in [0.29, 0.717) is 18.3 Å². The molecule has 1 unspecified atom stereocenters. The minimum atomic E-state index is -4.86. The number of aliphatic carboxylic acids is 1.